The second-order valence-corrected chi connectivity index (χ2v) is 10.9. The summed E-state index contributed by atoms with van der Waals surface area (Å²) in [5.74, 6) is 0.674. The molecule has 1 aliphatic rings. The van der Waals surface area contributed by atoms with Crippen LogP contribution in [0.3, 0.4) is 0 Å². The summed E-state index contributed by atoms with van der Waals surface area (Å²) < 4.78 is 14.7. The van der Waals surface area contributed by atoms with Crippen molar-refractivity contribution >= 4 is 43.3 Å². The molecule has 8 heteroatoms. The van der Waals surface area contributed by atoms with E-state index in [2.05, 4.69) is 9.55 Å². The second-order valence-electron chi connectivity index (χ2n) is 8.22. The quantitative estimate of drug-likeness (QED) is 0.466. The highest BCUT2D eigenvalue weighted by Gasteiger charge is 2.20. The summed E-state index contributed by atoms with van der Waals surface area (Å²) in [4.78, 5) is 31.2. The molecular weight excluding hydrogens is 430 g/mol. The van der Waals surface area contributed by atoms with Gasteiger partial charge >= 0.3 is 5.69 Å². The first-order valence-corrected chi connectivity index (χ1v) is 13.3. The largest absolute Gasteiger partial charge is 0.347 e. The maximum atomic E-state index is 13.5. The zero-order valence-corrected chi connectivity index (χ0v) is 19.1. The molecule has 1 N–H and O–H groups in total. The molecule has 4 aromatic rings. The molecule has 0 saturated carbocycles. The van der Waals surface area contributed by atoms with Crippen LogP contribution < -0.4 is 11.2 Å². The van der Waals surface area contributed by atoms with Crippen LogP contribution in [0.2, 0.25) is 0 Å². The van der Waals surface area contributed by atoms with Crippen LogP contribution in [-0.2, 0) is 30.2 Å². The molecule has 5 rings (SSSR count). The smallest absolute Gasteiger partial charge is 0.334 e. The van der Waals surface area contributed by atoms with Gasteiger partial charge < -0.3 is 4.57 Å². The third-order valence-electron chi connectivity index (χ3n) is 6.11. The molecule has 3 heterocycles. The van der Waals surface area contributed by atoms with Crippen LogP contribution in [0.25, 0.3) is 26.8 Å². The van der Waals surface area contributed by atoms with Crippen LogP contribution in [0, 0.1) is 0 Å². The third-order valence-corrected chi connectivity index (χ3v) is 8.18. The predicted molar refractivity (Wildman–Crippen MR) is 128 cm³/mol. The number of aromatic amines is 1. The van der Waals surface area contributed by atoms with Crippen molar-refractivity contribution in [3.05, 3.63) is 61.7 Å². The SMILES string of the molecule is CS(=O)CCCn1ccc2cc(-n3c(=O)[nH]c4sc5c(c4c3=O)CCCCC5)ccc21. The normalized spacial score (nSPS) is 15.3. The Morgan fingerprint density at radius 3 is 2.81 bits per heavy atom. The molecule has 0 bridgehead atoms. The van der Waals surface area contributed by atoms with E-state index in [4.69, 9.17) is 0 Å². The molecule has 0 fully saturated rings. The van der Waals surface area contributed by atoms with Crippen LogP contribution in [0.4, 0.5) is 0 Å². The number of hydrogen-bond donors (Lipinski definition) is 1. The monoisotopic (exact) mass is 455 g/mol. The number of rotatable bonds is 5. The van der Waals surface area contributed by atoms with E-state index < -0.39 is 16.5 Å². The highest BCUT2D eigenvalue weighted by Crippen LogP contribution is 2.32. The molecule has 162 valence electrons. The van der Waals surface area contributed by atoms with Gasteiger partial charge in [0.1, 0.15) is 4.83 Å². The van der Waals surface area contributed by atoms with Gasteiger partial charge in [0.2, 0.25) is 0 Å². The lowest BCUT2D eigenvalue weighted by molar-refractivity contribution is 0.670. The minimum atomic E-state index is -0.794. The minimum Gasteiger partial charge on any atom is -0.347 e. The summed E-state index contributed by atoms with van der Waals surface area (Å²) >= 11 is 1.57. The van der Waals surface area contributed by atoms with Gasteiger partial charge in [-0.3, -0.25) is 14.0 Å². The van der Waals surface area contributed by atoms with Crippen LogP contribution in [0.5, 0.6) is 0 Å². The lowest BCUT2D eigenvalue weighted by atomic mass is 10.1. The van der Waals surface area contributed by atoms with Gasteiger partial charge in [-0.15, -0.1) is 11.3 Å². The van der Waals surface area contributed by atoms with E-state index in [1.54, 1.807) is 17.6 Å². The van der Waals surface area contributed by atoms with Gasteiger partial charge in [0.25, 0.3) is 5.56 Å². The maximum absolute atomic E-state index is 13.5. The summed E-state index contributed by atoms with van der Waals surface area (Å²) in [6.45, 7) is 0.788. The Hall–Kier alpha value is -2.45. The molecular formula is C23H25N3O3S2. The van der Waals surface area contributed by atoms with E-state index in [9.17, 15) is 13.8 Å². The van der Waals surface area contributed by atoms with Gasteiger partial charge in [-0.1, -0.05) is 6.42 Å². The number of nitrogens with zero attached hydrogens (tertiary/aromatic N) is 2. The van der Waals surface area contributed by atoms with Crippen LogP contribution >= 0.6 is 11.3 Å². The zero-order chi connectivity index (χ0) is 21.5. The predicted octanol–water partition coefficient (Wildman–Crippen LogP) is 3.73. The van der Waals surface area contributed by atoms with Crippen molar-refractivity contribution in [1.29, 1.82) is 0 Å². The molecule has 0 amide bonds. The second kappa shape index (κ2) is 8.24. The number of aromatic nitrogens is 3. The van der Waals surface area contributed by atoms with E-state index in [1.807, 2.05) is 30.5 Å². The fourth-order valence-electron chi connectivity index (χ4n) is 4.61. The molecule has 1 unspecified atom stereocenters. The topological polar surface area (TPSA) is 76.9 Å². The fourth-order valence-corrected chi connectivity index (χ4v) is 6.41. The summed E-state index contributed by atoms with van der Waals surface area (Å²) in [6.07, 6.45) is 9.86. The molecule has 1 aliphatic carbocycles. The van der Waals surface area contributed by atoms with Gasteiger partial charge in [-0.2, -0.15) is 0 Å². The van der Waals surface area contributed by atoms with Crippen LogP contribution in [0.1, 0.15) is 36.1 Å². The van der Waals surface area contributed by atoms with E-state index in [0.29, 0.717) is 21.7 Å². The van der Waals surface area contributed by atoms with Crippen molar-refractivity contribution in [3.8, 4) is 5.69 Å². The highest BCUT2D eigenvalue weighted by molar-refractivity contribution is 7.84. The van der Waals surface area contributed by atoms with E-state index in [-0.39, 0.29) is 5.56 Å². The Bertz CT molecular complexity index is 1420. The van der Waals surface area contributed by atoms with Gasteiger partial charge in [0.15, 0.2) is 0 Å². The van der Waals surface area contributed by atoms with Crippen molar-refractivity contribution < 1.29 is 4.21 Å². The Morgan fingerprint density at radius 1 is 1.13 bits per heavy atom. The molecule has 31 heavy (non-hydrogen) atoms. The maximum Gasteiger partial charge on any atom is 0.334 e. The number of H-pyrrole nitrogens is 1. The van der Waals surface area contributed by atoms with Crippen molar-refractivity contribution in [2.75, 3.05) is 12.0 Å². The zero-order valence-electron chi connectivity index (χ0n) is 17.5. The molecule has 1 atom stereocenters. The first-order chi connectivity index (χ1) is 15.0. The summed E-state index contributed by atoms with van der Waals surface area (Å²) in [7, 11) is -0.794. The van der Waals surface area contributed by atoms with Gasteiger partial charge in [-0.05, 0) is 61.9 Å². The molecule has 0 radical (unpaired) electrons. The van der Waals surface area contributed by atoms with E-state index >= 15 is 0 Å². The number of fused-ring (bicyclic) bond motifs is 4. The van der Waals surface area contributed by atoms with Crippen molar-refractivity contribution in [2.45, 2.75) is 45.1 Å². The lowest BCUT2D eigenvalue weighted by Crippen LogP contribution is -2.33. The van der Waals surface area contributed by atoms with Gasteiger partial charge in [-0.25, -0.2) is 9.36 Å². The molecule has 6 nitrogen and oxygen atoms in total. The molecule has 3 aromatic heterocycles. The summed E-state index contributed by atoms with van der Waals surface area (Å²) in [6, 6.07) is 7.69. The first kappa shape index (κ1) is 20.5. The highest BCUT2D eigenvalue weighted by atomic mass is 32.2. The number of hydrogen-bond acceptors (Lipinski definition) is 4. The van der Waals surface area contributed by atoms with E-state index in [1.165, 1.54) is 15.9 Å². The standard InChI is InChI=1S/C23H25N3O3S2/c1-31(29)13-5-11-25-12-10-15-14-16(8-9-18(15)25)26-22(27)20-17-6-3-2-4-7-19(17)30-21(20)24-23(26)28/h8-10,12,14H,2-7,11,13H2,1H3,(H,24,28). The molecule has 0 saturated heterocycles. The van der Waals surface area contributed by atoms with Crippen LogP contribution in [0.15, 0.2) is 40.1 Å². The molecule has 0 aliphatic heterocycles. The molecule has 1 aromatic carbocycles. The number of nitrogens with one attached hydrogen (secondary N) is 1. The Kier molecular flexibility index (Phi) is 5.44. The average Bonchev–Trinajstić information content (AvgIpc) is 3.20. The summed E-state index contributed by atoms with van der Waals surface area (Å²) in [5, 5.41) is 1.66. The molecule has 0 spiro atoms. The van der Waals surface area contributed by atoms with Gasteiger partial charge in [0.05, 0.1) is 11.1 Å². The Balaban J connectivity index is 1.59. The third kappa shape index (κ3) is 3.72. The minimum absolute atomic E-state index is 0.220. The van der Waals surface area contributed by atoms with Crippen LogP contribution in [-0.4, -0.2) is 30.3 Å². The summed E-state index contributed by atoms with van der Waals surface area (Å²) in [5.41, 5.74) is 2.15. The van der Waals surface area contributed by atoms with Crippen molar-refractivity contribution in [1.82, 2.24) is 14.1 Å². The van der Waals surface area contributed by atoms with Crippen molar-refractivity contribution in [2.24, 2.45) is 0 Å². The lowest BCUT2D eigenvalue weighted by Gasteiger charge is -2.08. The Morgan fingerprint density at radius 2 is 1.97 bits per heavy atom. The fraction of sp³-hybridized carbons (Fsp3) is 0.391. The number of aryl methyl sites for hydroxylation is 3. The number of thiophene rings is 1. The first-order valence-electron chi connectivity index (χ1n) is 10.7. The van der Waals surface area contributed by atoms with Crippen molar-refractivity contribution in [3.63, 3.8) is 0 Å². The van der Waals surface area contributed by atoms with E-state index in [0.717, 1.165) is 55.1 Å². The average molecular weight is 456 g/mol. The van der Waals surface area contributed by atoms with Gasteiger partial charge in [0, 0.05) is 51.3 Å². The number of benzene rings is 1. The Labute approximate surface area is 186 Å².